The first-order valence-corrected chi connectivity index (χ1v) is 7.87. The summed E-state index contributed by atoms with van der Waals surface area (Å²) in [6.45, 7) is -1.19. The van der Waals surface area contributed by atoms with E-state index in [1.807, 2.05) is 4.98 Å². The van der Waals surface area contributed by atoms with Crippen molar-refractivity contribution in [3.05, 3.63) is 33.1 Å². The maximum atomic E-state index is 12.3. The van der Waals surface area contributed by atoms with Crippen LogP contribution in [-0.2, 0) is 15.2 Å². The van der Waals surface area contributed by atoms with E-state index in [1.54, 1.807) is 0 Å². The van der Waals surface area contributed by atoms with E-state index in [4.69, 9.17) is 9.47 Å². The highest BCUT2D eigenvalue weighted by molar-refractivity contribution is 5.09. The number of aliphatic hydroxyl groups excluding tert-OH is 6. The number of aromatic nitrogens is 2. The lowest BCUT2D eigenvalue weighted by Gasteiger charge is -2.46. The molecule has 0 radical (unpaired) electrons. The minimum absolute atomic E-state index is 0.460. The van der Waals surface area contributed by atoms with Gasteiger partial charge in [-0.15, -0.1) is 0 Å². The fraction of sp³-hybridized carbons (Fsp3) is 0.714. The smallest absolute Gasteiger partial charge is 0.330 e. The van der Waals surface area contributed by atoms with E-state index in [2.05, 4.69) is 0 Å². The van der Waals surface area contributed by atoms with E-state index in [0.717, 1.165) is 12.3 Å². The summed E-state index contributed by atoms with van der Waals surface area (Å²) in [6, 6.07) is 0.943. The van der Waals surface area contributed by atoms with Gasteiger partial charge in [0, 0.05) is 12.3 Å². The third kappa shape index (κ3) is 2.71. The molecule has 146 valence electrons. The number of rotatable bonds is 3. The maximum Gasteiger partial charge on any atom is 0.330 e. The summed E-state index contributed by atoms with van der Waals surface area (Å²) < 4.78 is 11.6. The predicted molar refractivity (Wildman–Crippen MR) is 81.0 cm³/mol. The van der Waals surface area contributed by atoms with Gasteiger partial charge in [-0.1, -0.05) is 0 Å². The molecule has 0 aliphatic carbocycles. The van der Waals surface area contributed by atoms with Gasteiger partial charge in [0.15, 0.2) is 0 Å². The van der Waals surface area contributed by atoms with Gasteiger partial charge in [0.25, 0.3) is 5.56 Å². The molecule has 3 heterocycles. The van der Waals surface area contributed by atoms with Crippen molar-refractivity contribution >= 4 is 0 Å². The van der Waals surface area contributed by atoms with Crippen LogP contribution in [0.5, 0.6) is 0 Å². The molecule has 0 aromatic carbocycles. The zero-order valence-electron chi connectivity index (χ0n) is 13.4. The molecule has 0 spiro atoms. The van der Waals surface area contributed by atoms with Crippen LogP contribution in [-0.4, -0.2) is 96.1 Å². The molecule has 1 aromatic heterocycles. The average molecular weight is 376 g/mol. The van der Waals surface area contributed by atoms with Gasteiger partial charge >= 0.3 is 5.69 Å². The van der Waals surface area contributed by atoms with E-state index in [-0.39, 0.29) is 0 Å². The van der Waals surface area contributed by atoms with Gasteiger partial charge in [0.2, 0.25) is 5.72 Å². The molecule has 2 aliphatic heterocycles. The summed E-state index contributed by atoms with van der Waals surface area (Å²) in [5.74, 6) is 0. The Morgan fingerprint density at radius 3 is 2.42 bits per heavy atom. The lowest BCUT2D eigenvalue weighted by molar-refractivity contribution is -0.288. The van der Waals surface area contributed by atoms with Crippen LogP contribution in [0.3, 0.4) is 0 Å². The summed E-state index contributed by atoms with van der Waals surface area (Å²) >= 11 is 0. The normalized spacial score (nSPS) is 43.5. The number of H-pyrrole nitrogens is 1. The fourth-order valence-corrected chi connectivity index (χ4v) is 3.41. The Hall–Kier alpha value is -1.64. The molecule has 26 heavy (non-hydrogen) atoms. The van der Waals surface area contributed by atoms with Crippen molar-refractivity contribution in [1.82, 2.24) is 9.55 Å². The molecule has 12 nitrogen and oxygen atoms in total. The molecule has 0 unspecified atom stereocenters. The van der Waals surface area contributed by atoms with Crippen LogP contribution in [0.1, 0.15) is 0 Å². The highest BCUT2D eigenvalue weighted by Crippen LogP contribution is 2.41. The number of ether oxygens (including phenoxy) is 2. The van der Waals surface area contributed by atoms with Crippen molar-refractivity contribution in [3.63, 3.8) is 0 Å². The van der Waals surface area contributed by atoms with Crippen LogP contribution in [0.4, 0.5) is 0 Å². The minimum atomic E-state index is -2.28. The summed E-state index contributed by atoms with van der Waals surface area (Å²) in [4.78, 5) is 25.6. The Kier molecular flexibility index (Phi) is 5.02. The molecule has 2 saturated heterocycles. The minimum Gasteiger partial charge on any atom is -0.394 e. The Labute approximate surface area is 145 Å². The van der Waals surface area contributed by atoms with Gasteiger partial charge in [-0.25, -0.2) is 4.79 Å². The Morgan fingerprint density at radius 1 is 1.15 bits per heavy atom. The van der Waals surface area contributed by atoms with Crippen LogP contribution < -0.4 is 11.2 Å². The lowest BCUT2D eigenvalue weighted by Crippen LogP contribution is -2.67. The second kappa shape index (κ2) is 6.83. The Balaban J connectivity index is 2.18. The number of aromatic amines is 1. The lowest BCUT2D eigenvalue weighted by atomic mass is 9.87. The van der Waals surface area contributed by atoms with E-state index in [9.17, 15) is 40.2 Å². The molecule has 2 fully saturated rings. The number of hydrogen-bond donors (Lipinski definition) is 7. The topological polar surface area (TPSA) is 195 Å². The highest BCUT2D eigenvalue weighted by atomic mass is 16.6. The quantitative estimate of drug-likeness (QED) is 0.268. The molecule has 2 aliphatic rings. The maximum absolute atomic E-state index is 12.3. The first kappa shape index (κ1) is 19.1. The molecule has 0 bridgehead atoms. The number of aliphatic hydroxyl groups is 6. The van der Waals surface area contributed by atoms with Gasteiger partial charge in [0.1, 0.15) is 42.7 Å². The van der Waals surface area contributed by atoms with E-state index >= 15 is 0 Å². The summed E-state index contributed by atoms with van der Waals surface area (Å²) in [5, 5.41) is 60.1. The van der Waals surface area contributed by atoms with Crippen molar-refractivity contribution < 1.29 is 40.1 Å². The highest BCUT2D eigenvalue weighted by Gasteiger charge is 2.64. The first-order valence-electron chi connectivity index (χ1n) is 7.87. The number of nitrogens with one attached hydrogen (secondary N) is 1. The Morgan fingerprint density at radius 2 is 1.85 bits per heavy atom. The van der Waals surface area contributed by atoms with Crippen LogP contribution >= 0.6 is 0 Å². The predicted octanol–water partition coefficient (Wildman–Crippen LogP) is -5.22. The van der Waals surface area contributed by atoms with Gasteiger partial charge in [-0.2, -0.15) is 0 Å². The van der Waals surface area contributed by atoms with Gasteiger partial charge < -0.3 is 40.1 Å². The van der Waals surface area contributed by atoms with Gasteiger partial charge in [0.05, 0.1) is 13.2 Å². The fourth-order valence-electron chi connectivity index (χ4n) is 3.41. The second-order valence-corrected chi connectivity index (χ2v) is 6.31. The molecule has 7 N–H and O–H groups in total. The molecule has 0 saturated carbocycles. The largest absolute Gasteiger partial charge is 0.394 e. The number of nitrogens with zero attached hydrogens (tertiary/aromatic N) is 1. The van der Waals surface area contributed by atoms with Crippen molar-refractivity contribution in [2.45, 2.75) is 48.5 Å². The molecule has 1 aromatic rings. The van der Waals surface area contributed by atoms with E-state index in [0.29, 0.717) is 4.57 Å². The van der Waals surface area contributed by atoms with Crippen LogP contribution in [0.2, 0.25) is 0 Å². The monoisotopic (exact) mass is 376 g/mol. The summed E-state index contributed by atoms with van der Waals surface area (Å²) in [5.41, 5.74) is -4.07. The van der Waals surface area contributed by atoms with Gasteiger partial charge in [-0.05, 0) is 0 Å². The van der Waals surface area contributed by atoms with Gasteiger partial charge in [-0.3, -0.25) is 14.3 Å². The molecular weight excluding hydrogens is 356 g/mol. The standard InChI is InChI=1S/C14H20N2O10/c17-3-6-9(21)11(23)14(26-6,16-2-1-7(19)15-13(16)24)12-10(22)8(20)5(18)4-25-12/h1-2,5-6,8-12,17-18,20-23H,3-4H2,(H,15,19,24)/t5-,6-,8-,9-,10+,11-,12-,14+/m1/s1. The average Bonchev–Trinajstić information content (AvgIpc) is 2.85. The van der Waals surface area contributed by atoms with Crippen LogP contribution in [0, 0.1) is 0 Å². The van der Waals surface area contributed by atoms with Crippen LogP contribution in [0.25, 0.3) is 0 Å². The van der Waals surface area contributed by atoms with Crippen molar-refractivity contribution in [3.8, 4) is 0 Å². The third-order valence-electron chi connectivity index (χ3n) is 4.76. The molecule has 0 amide bonds. The SMILES string of the molecule is O=c1ccn([C@]2([C@@H]3OC[C@@H](O)[C@@H](O)[C@@H]3O)O[C@H](CO)[C@@H](O)[C@H]2O)c(=O)[nH]1. The Bertz CT molecular complexity index is 765. The van der Waals surface area contributed by atoms with Crippen molar-refractivity contribution in [2.75, 3.05) is 13.2 Å². The van der Waals surface area contributed by atoms with E-state index in [1.165, 1.54) is 0 Å². The zero-order chi connectivity index (χ0) is 19.2. The second-order valence-electron chi connectivity index (χ2n) is 6.31. The number of hydrogen-bond acceptors (Lipinski definition) is 10. The molecule has 12 heteroatoms. The van der Waals surface area contributed by atoms with Crippen molar-refractivity contribution in [1.29, 1.82) is 0 Å². The molecular formula is C14H20N2O10. The zero-order valence-corrected chi connectivity index (χ0v) is 13.4. The van der Waals surface area contributed by atoms with E-state index < -0.39 is 72.9 Å². The third-order valence-corrected chi connectivity index (χ3v) is 4.76. The molecule has 3 rings (SSSR count). The van der Waals surface area contributed by atoms with Crippen LogP contribution in [0.15, 0.2) is 21.9 Å². The summed E-state index contributed by atoms with van der Waals surface area (Å²) in [6.07, 6.45) is -10.5. The summed E-state index contributed by atoms with van der Waals surface area (Å²) in [7, 11) is 0. The first-order chi connectivity index (χ1) is 12.2. The van der Waals surface area contributed by atoms with Crippen molar-refractivity contribution in [2.24, 2.45) is 0 Å². The molecule has 8 atom stereocenters.